The topological polar surface area (TPSA) is 67.2 Å². The molecule has 7 heteroatoms. The van der Waals surface area contributed by atoms with Crippen LogP contribution in [-0.4, -0.2) is 39.1 Å². The third-order valence-corrected chi connectivity index (χ3v) is 5.51. The van der Waals surface area contributed by atoms with Crippen LogP contribution in [0.5, 0.6) is 0 Å². The number of aryl methyl sites for hydroxylation is 1. The molecule has 0 amide bonds. The smallest absolute Gasteiger partial charge is 0.293 e. The van der Waals surface area contributed by atoms with Gasteiger partial charge in [-0.2, -0.15) is 0 Å². The fourth-order valence-electron chi connectivity index (χ4n) is 3.10. The number of aromatic nitrogens is 2. The monoisotopic (exact) mass is 360 g/mol. The van der Waals surface area contributed by atoms with Crippen LogP contribution in [0, 0.1) is 0 Å². The minimum atomic E-state index is -0.941. The van der Waals surface area contributed by atoms with Crippen LogP contribution in [0.15, 0.2) is 46.3 Å². The SMILES string of the molecule is Cn1ccnc(N2CCC[C@@H](NCc3ccc([S@](C)=O)cc3)C2)c1=O. The first kappa shape index (κ1) is 17.8. The summed E-state index contributed by atoms with van der Waals surface area (Å²) in [4.78, 5) is 19.5. The molecule has 2 aromatic rings. The van der Waals surface area contributed by atoms with E-state index in [1.807, 2.05) is 24.3 Å². The van der Waals surface area contributed by atoms with Crippen molar-refractivity contribution < 1.29 is 4.21 Å². The lowest BCUT2D eigenvalue weighted by Crippen LogP contribution is -2.47. The quantitative estimate of drug-likeness (QED) is 0.870. The van der Waals surface area contributed by atoms with E-state index in [-0.39, 0.29) is 5.56 Å². The number of hydrogen-bond acceptors (Lipinski definition) is 5. The number of nitrogens with one attached hydrogen (secondary N) is 1. The van der Waals surface area contributed by atoms with Gasteiger partial charge in [0, 0.05) is 67.1 Å². The zero-order chi connectivity index (χ0) is 17.8. The van der Waals surface area contributed by atoms with Gasteiger partial charge in [-0.15, -0.1) is 0 Å². The summed E-state index contributed by atoms with van der Waals surface area (Å²) in [5.74, 6) is 0.534. The summed E-state index contributed by atoms with van der Waals surface area (Å²) in [6.45, 7) is 2.40. The van der Waals surface area contributed by atoms with Gasteiger partial charge in [-0.3, -0.25) is 9.00 Å². The van der Waals surface area contributed by atoms with Crippen LogP contribution in [0.25, 0.3) is 0 Å². The molecule has 2 atom stereocenters. The Hall–Kier alpha value is -1.99. The van der Waals surface area contributed by atoms with Crippen molar-refractivity contribution in [2.45, 2.75) is 30.3 Å². The average Bonchev–Trinajstić information content (AvgIpc) is 2.63. The second kappa shape index (κ2) is 7.93. The molecule has 3 rings (SSSR count). The Labute approximate surface area is 150 Å². The van der Waals surface area contributed by atoms with Gasteiger partial charge in [0.15, 0.2) is 5.82 Å². The molecular formula is C18H24N4O2S. The molecule has 1 saturated heterocycles. The van der Waals surface area contributed by atoms with E-state index in [0.29, 0.717) is 11.9 Å². The van der Waals surface area contributed by atoms with Crippen LogP contribution >= 0.6 is 0 Å². The standard InChI is InChI=1S/C18H24N4O2S/c1-21-11-9-19-17(18(21)23)22-10-3-4-15(13-22)20-12-14-5-7-16(8-6-14)25(2)24/h5-9,11,15,20H,3-4,10,12-13H2,1-2H3/t15-,25+/m1/s1. The molecule has 1 aliphatic heterocycles. The van der Waals surface area contributed by atoms with Gasteiger partial charge in [-0.25, -0.2) is 4.98 Å². The zero-order valence-electron chi connectivity index (χ0n) is 14.6. The molecule has 1 N–H and O–H groups in total. The maximum absolute atomic E-state index is 12.3. The van der Waals surface area contributed by atoms with Crippen molar-refractivity contribution >= 4 is 16.6 Å². The van der Waals surface area contributed by atoms with Crippen LogP contribution in [0.4, 0.5) is 5.82 Å². The summed E-state index contributed by atoms with van der Waals surface area (Å²) >= 11 is 0. The summed E-state index contributed by atoms with van der Waals surface area (Å²) < 4.78 is 13.0. The predicted molar refractivity (Wildman–Crippen MR) is 100 cm³/mol. The van der Waals surface area contributed by atoms with E-state index < -0.39 is 10.8 Å². The maximum atomic E-state index is 12.3. The molecule has 134 valence electrons. The van der Waals surface area contributed by atoms with Gasteiger partial charge < -0.3 is 14.8 Å². The molecule has 0 radical (unpaired) electrons. The van der Waals surface area contributed by atoms with Crippen molar-refractivity contribution in [1.29, 1.82) is 0 Å². The van der Waals surface area contributed by atoms with E-state index in [1.54, 1.807) is 30.3 Å². The minimum absolute atomic E-state index is 0.0497. The highest BCUT2D eigenvalue weighted by atomic mass is 32.2. The summed E-state index contributed by atoms with van der Waals surface area (Å²) in [6.07, 6.45) is 7.16. The molecule has 25 heavy (non-hydrogen) atoms. The highest BCUT2D eigenvalue weighted by Crippen LogP contribution is 2.15. The molecular weight excluding hydrogens is 336 g/mol. The normalized spacial score (nSPS) is 19.0. The second-order valence-electron chi connectivity index (χ2n) is 6.43. The molecule has 1 aliphatic rings. The molecule has 6 nitrogen and oxygen atoms in total. The van der Waals surface area contributed by atoms with Crippen LogP contribution in [0.2, 0.25) is 0 Å². The van der Waals surface area contributed by atoms with Gasteiger partial charge in [0.25, 0.3) is 5.56 Å². The van der Waals surface area contributed by atoms with Crippen LogP contribution in [0.1, 0.15) is 18.4 Å². The van der Waals surface area contributed by atoms with Crippen molar-refractivity contribution in [1.82, 2.24) is 14.9 Å². The van der Waals surface area contributed by atoms with Crippen molar-refractivity contribution in [3.8, 4) is 0 Å². The highest BCUT2D eigenvalue weighted by Gasteiger charge is 2.22. The zero-order valence-corrected chi connectivity index (χ0v) is 15.5. The number of benzene rings is 1. The Morgan fingerprint density at radius 3 is 2.80 bits per heavy atom. The van der Waals surface area contributed by atoms with Crippen LogP contribution in [0.3, 0.4) is 0 Å². The van der Waals surface area contributed by atoms with Gasteiger partial charge in [-0.05, 0) is 30.5 Å². The van der Waals surface area contributed by atoms with Crippen LogP contribution in [-0.2, 0) is 24.4 Å². The number of anilines is 1. The third-order valence-electron chi connectivity index (χ3n) is 4.57. The average molecular weight is 360 g/mol. The molecule has 0 spiro atoms. The Morgan fingerprint density at radius 1 is 1.32 bits per heavy atom. The Bertz CT molecular complexity index is 803. The molecule has 1 aromatic carbocycles. The number of nitrogens with zero attached hydrogens (tertiary/aromatic N) is 3. The first-order chi connectivity index (χ1) is 12.0. The van der Waals surface area contributed by atoms with Crippen LogP contribution < -0.4 is 15.8 Å². The summed E-state index contributed by atoms with van der Waals surface area (Å²) in [7, 11) is 0.809. The summed E-state index contributed by atoms with van der Waals surface area (Å²) in [5, 5.41) is 3.57. The minimum Gasteiger partial charge on any atom is -0.350 e. The van der Waals surface area contributed by atoms with Crippen molar-refractivity contribution in [2.24, 2.45) is 7.05 Å². The van der Waals surface area contributed by atoms with E-state index >= 15 is 0 Å². The van der Waals surface area contributed by atoms with E-state index in [0.717, 1.165) is 37.4 Å². The largest absolute Gasteiger partial charge is 0.350 e. The van der Waals surface area contributed by atoms with E-state index in [2.05, 4.69) is 15.2 Å². The Kier molecular flexibility index (Phi) is 5.65. The molecule has 0 unspecified atom stereocenters. The second-order valence-corrected chi connectivity index (χ2v) is 7.81. The predicted octanol–water partition coefficient (Wildman–Crippen LogP) is 1.28. The van der Waals surface area contributed by atoms with Gasteiger partial charge in [-0.1, -0.05) is 12.1 Å². The molecule has 1 aromatic heterocycles. The first-order valence-corrected chi connectivity index (χ1v) is 10.0. The van der Waals surface area contributed by atoms with Gasteiger partial charge in [0.1, 0.15) is 0 Å². The van der Waals surface area contributed by atoms with E-state index in [1.165, 1.54) is 5.56 Å². The highest BCUT2D eigenvalue weighted by molar-refractivity contribution is 7.84. The molecule has 1 fully saturated rings. The van der Waals surface area contributed by atoms with Crippen molar-refractivity contribution in [3.05, 3.63) is 52.6 Å². The summed E-state index contributed by atoms with van der Waals surface area (Å²) in [5.41, 5.74) is 1.12. The van der Waals surface area contributed by atoms with Crippen molar-refractivity contribution in [2.75, 3.05) is 24.2 Å². The Morgan fingerprint density at radius 2 is 2.08 bits per heavy atom. The summed E-state index contributed by atoms with van der Waals surface area (Å²) in [6, 6.07) is 8.17. The number of hydrogen-bond donors (Lipinski definition) is 1. The van der Waals surface area contributed by atoms with Gasteiger partial charge >= 0.3 is 0 Å². The molecule has 0 bridgehead atoms. The first-order valence-electron chi connectivity index (χ1n) is 8.47. The lowest BCUT2D eigenvalue weighted by Gasteiger charge is -2.33. The molecule has 0 aliphatic carbocycles. The molecule has 0 saturated carbocycles. The molecule has 2 heterocycles. The van der Waals surface area contributed by atoms with Crippen molar-refractivity contribution in [3.63, 3.8) is 0 Å². The van der Waals surface area contributed by atoms with Gasteiger partial charge in [0.05, 0.1) is 0 Å². The fraction of sp³-hybridized carbons (Fsp3) is 0.444. The van der Waals surface area contributed by atoms with Gasteiger partial charge in [0.2, 0.25) is 0 Å². The maximum Gasteiger partial charge on any atom is 0.293 e. The lowest BCUT2D eigenvalue weighted by atomic mass is 10.1. The third kappa shape index (κ3) is 4.35. The fourth-order valence-corrected chi connectivity index (χ4v) is 3.62. The van der Waals surface area contributed by atoms with E-state index in [4.69, 9.17) is 0 Å². The lowest BCUT2D eigenvalue weighted by molar-refractivity contribution is 0.419. The van der Waals surface area contributed by atoms with E-state index in [9.17, 15) is 9.00 Å². The Balaban J connectivity index is 1.61. The number of rotatable bonds is 5. The number of piperidine rings is 1.